The summed E-state index contributed by atoms with van der Waals surface area (Å²) in [5.74, 6) is -3.18. The molecule has 0 amide bonds. The number of pyridine rings is 2. The molecular weight excluding hydrogens is 414 g/mol. The smallest absolute Gasteiger partial charge is 0.230 e. The number of aromatic nitrogens is 3. The molecule has 0 saturated heterocycles. The van der Waals surface area contributed by atoms with Crippen molar-refractivity contribution < 1.29 is 22.0 Å². The number of carbonyl (C=O) groups excluding carboxylic acids is 1. The van der Waals surface area contributed by atoms with E-state index in [1.807, 2.05) is 6.07 Å². The summed E-state index contributed by atoms with van der Waals surface area (Å²) in [7, 11) is -3.95. The first-order valence-electron chi connectivity index (χ1n) is 8.62. The van der Waals surface area contributed by atoms with Gasteiger partial charge in [-0.25, -0.2) is 22.2 Å². The molecule has 0 bridgehead atoms. The van der Waals surface area contributed by atoms with Crippen molar-refractivity contribution in [3.05, 3.63) is 77.9 Å². The molecule has 1 aromatic carbocycles. The number of H-pyrrole nitrogens is 1. The largest absolute Gasteiger partial charge is 0.345 e. The van der Waals surface area contributed by atoms with Gasteiger partial charge in [-0.2, -0.15) is 0 Å². The van der Waals surface area contributed by atoms with Crippen molar-refractivity contribution in [1.29, 1.82) is 0 Å². The van der Waals surface area contributed by atoms with Gasteiger partial charge in [0.25, 0.3) is 0 Å². The number of benzene rings is 1. The van der Waals surface area contributed by atoms with E-state index in [4.69, 9.17) is 0 Å². The van der Waals surface area contributed by atoms with Crippen LogP contribution in [-0.4, -0.2) is 35.4 Å². The van der Waals surface area contributed by atoms with Crippen LogP contribution in [0.5, 0.6) is 0 Å². The Morgan fingerprint density at radius 3 is 2.60 bits per heavy atom. The standard InChI is InChI=1S/C20H14F2N4O3S/c1-30(28,29)26-18-16(21)5-4-13(17(18)22)19(27)15-10-25-20-14(15)7-12(9-24-20)11-3-2-6-23-8-11/h2-10,26H,1H3,(H,24,25). The number of halogens is 2. The minimum atomic E-state index is -3.95. The van der Waals surface area contributed by atoms with E-state index >= 15 is 0 Å². The molecule has 30 heavy (non-hydrogen) atoms. The number of carbonyl (C=O) groups is 1. The van der Waals surface area contributed by atoms with E-state index in [1.54, 1.807) is 35.4 Å². The van der Waals surface area contributed by atoms with Gasteiger partial charge in [-0.15, -0.1) is 0 Å². The van der Waals surface area contributed by atoms with Gasteiger partial charge in [-0.05, 0) is 24.3 Å². The van der Waals surface area contributed by atoms with Crippen LogP contribution in [0.2, 0.25) is 0 Å². The fraction of sp³-hybridized carbons (Fsp3) is 0.0500. The number of nitrogens with one attached hydrogen (secondary N) is 2. The molecule has 0 unspecified atom stereocenters. The monoisotopic (exact) mass is 428 g/mol. The van der Waals surface area contributed by atoms with E-state index in [2.05, 4.69) is 15.0 Å². The van der Waals surface area contributed by atoms with Gasteiger partial charge < -0.3 is 4.98 Å². The molecule has 10 heteroatoms. The van der Waals surface area contributed by atoms with Crippen LogP contribution in [0.3, 0.4) is 0 Å². The second-order valence-corrected chi connectivity index (χ2v) is 8.30. The molecule has 0 radical (unpaired) electrons. The van der Waals surface area contributed by atoms with Crippen molar-refractivity contribution >= 4 is 32.5 Å². The Hall–Kier alpha value is -3.66. The molecule has 3 heterocycles. The first-order chi connectivity index (χ1) is 14.2. The predicted molar refractivity (Wildman–Crippen MR) is 108 cm³/mol. The normalized spacial score (nSPS) is 11.6. The highest BCUT2D eigenvalue weighted by Gasteiger charge is 2.24. The Morgan fingerprint density at radius 1 is 1.10 bits per heavy atom. The van der Waals surface area contributed by atoms with Crippen LogP contribution in [0, 0.1) is 11.6 Å². The summed E-state index contributed by atoms with van der Waals surface area (Å²) in [5.41, 5.74) is 0.608. The van der Waals surface area contributed by atoms with E-state index in [1.165, 1.54) is 6.20 Å². The molecule has 2 N–H and O–H groups in total. The van der Waals surface area contributed by atoms with Gasteiger partial charge >= 0.3 is 0 Å². The fourth-order valence-electron chi connectivity index (χ4n) is 3.03. The maximum absolute atomic E-state index is 14.8. The average Bonchev–Trinajstić information content (AvgIpc) is 3.14. The number of hydrogen-bond donors (Lipinski definition) is 2. The maximum Gasteiger partial charge on any atom is 0.230 e. The summed E-state index contributed by atoms with van der Waals surface area (Å²) < 4.78 is 53.4. The summed E-state index contributed by atoms with van der Waals surface area (Å²) in [6.45, 7) is 0. The van der Waals surface area contributed by atoms with Gasteiger partial charge in [0.05, 0.1) is 11.8 Å². The third kappa shape index (κ3) is 3.64. The van der Waals surface area contributed by atoms with Crippen LogP contribution in [0.1, 0.15) is 15.9 Å². The van der Waals surface area contributed by atoms with Gasteiger partial charge in [0, 0.05) is 46.9 Å². The number of rotatable bonds is 5. The molecule has 0 atom stereocenters. The minimum absolute atomic E-state index is 0.110. The SMILES string of the molecule is CS(=O)(=O)Nc1c(F)ccc(C(=O)c2c[nH]c3ncc(-c4cccnc4)cc23)c1F. The molecule has 0 fully saturated rings. The number of sulfonamides is 1. The zero-order chi connectivity index (χ0) is 21.5. The molecule has 0 aliphatic rings. The van der Waals surface area contributed by atoms with Crippen LogP contribution >= 0.6 is 0 Å². The van der Waals surface area contributed by atoms with Crippen molar-refractivity contribution in [3.63, 3.8) is 0 Å². The number of anilines is 1. The highest BCUT2D eigenvalue weighted by Crippen LogP contribution is 2.29. The molecule has 0 spiro atoms. The first-order valence-corrected chi connectivity index (χ1v) is 10.5. The number of aromatic amines is 1. The summed E-state index contributed by atoms with van der Waals surface area (Å²) in [5, 5.41) is 0.433. The molecule has 0 aliphatic heterocycles. The minimum Gasteiger partial charge on any atom is -0.345 e. The second kappa shape index (κ2) is 7.30. The zero-order valence-electron chi connectivity index (χ0n) is 15.5. The molecule has 0 aliphatic carbocycles. The van der Waals surface area contributed by atoms with E-state index in [-0.39, 0.29) is 5.56 Å². The zero-order valence-corrected chi connectivity index (χ0v) is 16.3. The Morgan fingerprint density at radius 2 is 1.90 bits per heavy atom. The lowest BCUT2D eigenvalue weighted by atomic mass is 10.0. The summed E-state index contributed by atoms with van der Waals surface area (Å²) in [4.78, 5) is 24.2. The second-order valence-electron chi connectivity index (χ2n) is 6.55. The van der Waals surface area contributed by atoms with E-state index < -0.39 is 38.7 Å². The molecule has 3 aromatic heterocycles. The van der Waals surface area contributed by atoms with Crippen molar-refractivity contribution in [2.45, 2.75) is 0 Å². The third-order valence-corrected chi connectivity index (χ3v) is 4.97. The Labute approximate surface area is 169 Å². The lowest BCUT2D eigenvalue weighted by Gasteiger charge is -2.10. The van der Waals surface area contributed by atoms with Gasteiger partial charge in [0.2, 0.25) is 10.0 Å². The fourth-order valence-corrected chi connectivity index (χ4v) is 3.59. The molecule has 7 nitrogen and oxygen atoms in total. The van der Waals surface area contributed by atoms with Gasteiger partial charge in [-0.3, -0.25) is 14.5 Å². The van der Waals surface area contributed by atoms with Crippen molar-refractivity contribution in [2.24, 2.45) is 0 Å². The van der Waals surface area contributed by atoms with Gasteiger partial charge in [-0.1, -0.05) is 6.07 Å². The summed E-state index contributed by atoms with van der Waals surface area (Å²) in [6, 6.07) is 7.09. The predicted octanol–water partition coefficient (Wildman–Crippen LogP) is 3.51. The highest BCUT2D eigenvalue weighted by atomic mass is 32.2. The summed E-state index contributed by atoms with van der Waals surface area (Å²) in [6.07, 6.45) is 7.00. The van der Waals surface area contributed by atoms with Crippen LogP contribution in [0.15, 0.2) is 55.1 Å². The van der Waals surface area contributed by atoms with E-state index in [0.717, 1.165) is 24.0 Å². The van der Waals surface area contributed by atoms with Crippen LogP contribution in [-0.2, 0) is 10.0 Å². The van der Waals surface area contributed by atoms with Crippen molar-refractivity contribution in [2.75, 3.05) is 11.0 Å². The lowest BCUT2D eigenvalue weighted by molar-refractivity contribution is 0.103. The maximum atomic E-state index is 14.8. The molecule has 152 valence electrons. The quantitative estimate of drug-likeness (QED) is 0.474. The Bertz CT molecular complexity index is 1390. The average molecular weight is 428 g/mol. The summed E-state index contributed by atoms with van der Waals surface area (Å²) >= 11 is 0. The van der Waals surface area contributed by atoms with Gasteiger partial charge in [0.1, 0.15) is 17.2 Å². The van der Waals surface area contributed by atoms with Crippen molar-refractivity contribution in [1.82, 2.24) is 15.0 Å². The van der Waals surface area contributed by atoms with Gasteiger partial charge in [0.15, 0.2) is 11.6 Å². The Kier molecular flexibility index (Phi) is 4.78. The first kappa shape index (κ1) is 19.6. The van der Waals surface area contributed by atoms with Crippen LogP contribution < -0.4 is 4.72 Å². The molecule has 4 rings (SSSR count). The lowest BCUT2D eigenvalue weighted by Crippen LogP contribution is -2.15. The number of hydrogen-bond acceptors (Lipinski definition) is 5. The molecule has 0 saturated carbocycles. The third-order valence-electron chi connectivity index (χ3n) is 4.39. The van der Waals surface area contributed by atoms with E-state index in [0.29, 0.717) is 16.6 Å². The molecule has 4 aromatic rings. The highest BCUT2D eigenvalue weighted by molar-refractivity contribution is 7.92. The number of ketones is 1. The topological polar surface area (TPSA) is 105 Å². The van der Waals surface area contributed by atoms with Crippen LogP contribution in [0.25, 0.3) is 22.2 Å². The number of nitrogens with zero attached hydrogens (tertiary/aromatic N) is 2. The van der Waals surface area contributed by atoms with Crippen LogP contribution in [0.4, 0.5) is 14.5 Å². The van der Waals surface area contributed by atoms with Crippen molar-refractivity contribution in [3.8, 4) is 11.1 Å². The Balaban J connectivity index is 1.82. The number of fused-ring (bicyclic) bond motifs is 1. The molecular formula is C20H14F2N4O3S. The van der Waals surface area contributed by atoms with E-state index in [9.17, 15) is 22.0 Å².